The largest absolute Gasteiger partial charge is 0.368 e. The van der Waals surface area contributed by atoms with Crippen molar-refractivity contribution in [1.29, 1.82) is 5.26 Å². The number of hydrogen-bond acceptors (Lipinski definition) is 6. The Morgan fingerprint density at radius 3 is 2.21 bits per heavy atom. The van der Waals surface area contributed by atoms with Crippen molar-refractivity contribution in [3.05, 3.63) is 66.0 Å². The minimum atomic E-state index is -0.231. The van der Waals surface area contributed by atoms with Crippen molar-refractivity contribution in [2.75, 3.05) is 42.2 Å². The Morgan fingerprint density at radius 2 is 1.59 bits per heavy atom. The molecule has 4 rings (SSSR count). The predicted octanol–water partition coefficient (Wildman–Crippen LogP) is 4.20. The number of benzene rings is 2. The Balaban J connectivity index is 1.63. The molecule has 146 valence electrons. The van der Waals surface area contributed by atoms with Crippen LogP contribution in [0.2, 0.25) is 0 Å². The predicted molar refractivity (Wildman–Crippen MR) is 115 cm³/mol. The summed E-state index contributed by atoms with van der Waals surface area (Å²) in [5, 5.41) is 10.6. The molecule has 0 spiro atoms. The summed E-state index contributed by atoms with van der Waals surface area (Å²) in [4.78, 5) is 13.6. The van der Waals surface area contributed by atoms with E-state index in [0.29, 0.717) is 22.2 Å². The molecule has 0 amide bonds. The lowest BCUT2D eigenvalue weighted by Crippen LogP contribution is -2.47. The molecule has 0 atom stereocenters. The number of piperazine rings is 1. The number of rotatable bonds is 4. The minimum Gasteiger partial charge on any atom is -0.368 e. The molecule has 2 aromatic carbocycles. The maximum atomic E-state index is 13.2. The van der Waals surface area contributed by atoms with E-state index >= 15 is 0 Å². The van der Waals surface area contributed by atoms with Gasteiger partial charge in [0.25, 0.3) is 0 Å². The van der Waals surface area contributed by atoms with Crippen molar-refractivity contribution in [3.8, 4) is 17.3 Å². The standard InChI is InChI=1S/C22H20FN5S/c1-29-22-25-20(16-5-3-2-4-6-16)19(15-24)21(26-22)28-13-11-27(12-14-28)18-9-7-17(23)8-10-18/h2-10H,11-14H2,1H3. The highest BCUT2D eigenvalue weighted by Crippen LogP contribution is 2.31. The molecule has 0 N–H and O–H groups in total. The van der Waals surface area contributed by atoms with Gasteiger partial charge < -0.3 is 9.80 Å². The van der Waals surface area contributed by atoms with Gasteiger partial charge in [-0.25, -0.2) is 14.4 Å². The molecule has 1 aliphatic heterocycles. The molecule has 3 aromatic rings. The van der Waals surface area contributed by atoms with Crippen LogP contribution in [0.15, 0.2) is 59.8 Å². The van der Waals surface area contributed by atoms with Crippen LogP contribution in [0.25, 0.3) is 11.3 Å². The molecule has 0 bridgehead atoms. The van der Waals surface area contributed by atoms with Crippen LogP contribution in [0, 0.1) is 17.1 Å². The maximum Gasteiger partial charge on any atom is 0.189 e. The number of hydrogen-bond donors (Lipinski definition) is 0. The van der Waals surface area contributed by atoms with Gasteiger partial charge in [0.15, 0.2) is 11.0 Å². The van der Waals surface area contributed by atoms with E-state index in [0.717, 1.165) is 37.4 Å². The minimum absolute atomic E-state index is 0.231. The number of aromatic nitrogens is 2. The van der Waals surface area contributed by atoms with Crippen molar-refractivity contribution in [1.82, 2.24) is 9.97 Å². The highest BCUT2D eigenvalue weighted by atomic mass is 32.2. The van der Waals surface area contributed by atoms with E-state index in [4.69, 9.17) is 0 Å². The average Bonchev–Trinajstić information content (AvgIpc) is 2.79. The van der Waals surface area contributed by atoms with Gasteiger partial charge in [-0.2, -0.15) is 5.26 Å². The zero-order valence-corrected chi connectivity index (χ0v) is 16.9. The zero-order valence-electron chi connectivity index (χ0n) is 16.0. The van der Waals surface area contributed by atoms with Crippen molar-refractivity contribution in [2.24, 2.45) is 0 Å². The molecule has 1 saturated heterocycles. The van der Waals surface area contributed by atoms with Crippen LogP contribution in [0.3, 0.4) is 0 Å². The molecule has 1 aromatic heterocycles. The van der Waals surface area contributed by atoms with Gasteiger partial charge in [0.05, 0.1) is 5.69 Å². The first-order valence-electron chi connectivity index (χ1n) is 9.36. The number of nitriles is 1. The first-order valence-corrected chi connectivity index (χ1v) is 10.6. The van der Waals surface area contributed by atoms with E-state index in [1.165, 1.54) is 23.9 Å². The van der Waals surface area contributed by atoms with E-state index in [1.54, 1.807) is 12.1 Å². The number of nitrogens with zero attached hydrogens (tertiary/aromatic N) is 5. The van der Waals surface area contributed by atoms with Crippen molar-refractivity contribution < 1.29 is 4.39 Å². The van der Waals surface area contributed by atoms with E-state index in [1.807, 2.05) is 36.6 Å². The molecular formula is C22H20FN5S. The van der Waals surface area contributed by atoms with Crippen molar-refractivity contribution in [2.45, 2.75) is 5.16 Å². The van der Waals surface area contributed by atoms with E-state index in [9.17, 15) is 9.65 Å². The van der Waals surface area contributed by atoms with Gasteiger partial charge in [-0.15, -0.1) is 0 Å². The van der Waals surface area contributed by atoms with Gasteiger partial charge in [-0.05, 0) is 30.5 Å². The summed E-state index contributed by atoms with van der Waals surface area (Å²) < 4.78 is 13.2. The Labute approximate surface area is 173 Å². The third-order valence-corrected chi connectivity index (χ3v) is 5.53. The Bertz CT molecular complexity index is 1030. The number of halogens is 1. The lowest BCUT2D eigenvalue weighted by atomic mass is 10.1. The fourth-order valence-corrected chi connectivity index (χ4v) is 3.85. The quantitative estimate of drug-likeness (QED) is 0.479. The van der Waals surface area contributed by atoms with Crippen LogP contribution >= 0.6 is 11.8 Å². The molecule has 29 heavy (non-hydrogen) atoms. The molecule has 0 saturated carbocycles. The molecule has 5 nitrogen and oxygen atoms in total. The van der Waals surface area contributed by atoms with Crippen LogP contribution in [-0.4, -0.2) is 42.4 Å². The van der Waals surface area contributed by atoms with Gasteiger partial charge in [0, 0.05) is 37.4 Å². The molecule has 7 heteroatoms. The van der Waals surface area contributed by atoms with Gasteiger partial charge in [-0.1, -0.05) is 42.1 Å². The third kappa shape index (κ3) is 4.03. The highest BCUT2D eigenvalue weighted by molar-refractivity contribution is 7.98. The van der Waals surface area contributed by atoms with Crippen LogP contribution in [0.5, 0.6) is 0 Å². The second-order valence-electron chi connectivity index (χ2n) is 6.69. The van der Waals surface area contributed by atoms with E-state index in [2.05, 4.69) is 25.8 Å². The van der Waals surface area contributed by atoms with Crippen LogP contribution in [-0.2, 0) is 0 Å². The summed E-state index contributed by atoms with van der Waals surface area (Å²) in [7, 11) is 0. The lowest BCUT2D eigenvalue weighted by molar-refractivity contribution is 0.623. The molecule has 1 aliphatic rings. The van der Waals surface area contributed by atoms with Gasteiger partial charge in [-0.3, -0.25) is 0 Å². The maximum absolute atomic E-state index is 13.2. The number of thioether (sulfide) groups is 1. The topological polar surface area (TPSA) is 56.1 Å². The lowest BCUT2D eigenvalue weighted by Gasteiger charge is -2.37. The van der Waals surface area contributed by atoms with Crippen LogP contribution < -0.4 is 9.80 Å². The summed E-state index contributed by atoms with van der Waals surface area (Å²) in [5.74, 6) is 0.453. The normalized spacial score (nSPS) is 14.0. The molecule has 1 fully saturated rings. The summed E-state index contributed by atoms with van der Waals surface area (Å²) in [6, 6.07) is 18.7. The van der Waals surface area contributed by atoms with Gasteiger partial charge in [0.2, 0.25) is 0 Å². The van der Waals surface area contributed by atoms with Gasteiger partial charge >= 0.3 is 0 Å². The van der Waals surface area contributed by atoms with E-state index < -0.39 is 0 Å². The van der Waals surface area contributed by atoms with Crippen LogP contribution in [0.4, 0.5) is 15.9 Å². The molecule has 0 radical (unpaired) electrons. The third-order valence-electron chi connectivity index (χ3n) is 4.98. The second-order valence-corrected chi connectivity index (χ2v) is 7.46. The summed E-state index contributed by atoms with van der Waals surface area (Å²) in [6.07, 6.45) is 1.94. The summed E-state index contributed by atoms with van der Waals surface area (Å²) in [5.41, 5.74) is 3.09. The van der Waals surface area contributed by atoms with E-state index in [-0.39, 0.29) is 5.82 Å². The van der Waals surface area contributed by atoms with Crippen LogP contribution in [0.1, 0.15) is 5.56 Å². The zero-order chi connectivity index (χ0) is 20.2. The highest BCUT2D eigenvalue weighted by Gasteiger charge is 2.24. The smallest absolute Gasteiger partial charge is 0.189 e. The molecule has 0 unspecified atom stereocenters. The monoisotopic (exact) mass is 405 g/mol. The number of anilines is 2. The molecule has 2 heterocycles. The SMILES string of the molecule is CSc1nc(-c2ccccc2)c(C#N)c(N2CCN(c3ccc(F)cc3)CC2)n1. The van der Waals surface area contributed by atoms with Crippen molar-refractivity contribution >= 4 is 23.3 Å². The second kappa shape index (κ2) is 8.50. The summed E-state index contributed by atoms with van der Waals surface area (Å²) in [6.45, 7) is 3.00. The van der Waals surface area contributed by atoms with Gasteiger partial charge in [0.1, 0.15) is 17.4 Å². The molecule has 0 aliphatic carbocycles. The Morgan fingerprint density at radius 1 is 0.931 bits per heavy atom. The Kier molecular flexibility index (Phi) is 5.63. The molecular weight excluding hydrogens is 385 g/mol. The first-order chi connectivity index (χ1) is 14.2. The van der Waals surface area contributed by atoms with Crippen molar-refractivity contribution in [3.63, 3.8) is 0 Å². The Hall–Kier alpha value is -3.11. The fourth-order valence-electron chi connectivity index (χ4n) is 3.49. The first kappa shape index (κ1) is 19.2. The average molecular weight is 406 g/mol. The fraction of sp³-hybridized carbons (Fsp3) is 0.227. The summed E-state index contributed by atoms with van der Waals surface area (Å²) >= 11 is 1.47.